The van der Waals surface area contributed by atoms with Crippen molar-refractivity contribution in [1.82, 2.24) is 20.4 Å². The van der Waals surface area contributed by atoms with Gasteiger partial charge in [-0.3, -0.25) is 10.2 Å². The minimum atomic E-state index is 0.0715. The Kier molecular flexibility index (Phi) is 2.97. The predicted octanol–water partition coefficient (Wildman–Crippen LogP) is 3.20. The van der Waals surface area contributed by atoms with Gasteiger partial charge in [0.1, 0.15) is 0 Å². The van der Waals surface area contributed by atoms with Crippen molar-refractivity contribution in [1.29, 1.82) is 0 Å². The van der Waals surface area contributed by atoms with E-state index in [4.69, 9.17) is 0 Å². The van der Waals surface area contributed by atoms with Gasteiger partial charge in [-0.25, -0.2) is 0 Å². The summed E-state index contributed by atoms with van der Waals surface area (Å²) in [5.41, 5.74) is 4.58. The number of aromatic amines is 2. The molecule has 0 bridgehead atoms. The molecule has 5 heteroatoms. The van der Waals surface area contributed by atoms with Crippen molar-refractivity contribution >= 4 is 16.6 Å². The van der Waals surface area contributed by atoms with Crippen LogP contribution in [-0.4, -0.2) is 20.4 Å². The third-order valence-electron chi connectivity index (χ3n) is 3.39. The second kappa shape index (κ2) is 4.67. The van der Waals surface area contributed by atoms with E-state index in [9.17, 15) is 0 Å². The molecule has 0 fully saturated rings. The molecule has 3 N–H and O–H groups in total. The average Bonchev–Trinajstić information content (AvgIpc) is 3.03. The van der Waals surface area contributed by atoms with Gasteiger partial charge in [0.25, 0.3) is 0 Å². The van der Waals surface area contributed by atoms with Crippen LogP contribution in [0.1, 0.15) is 32.0 Å². The zero-order valence-electron chi connectivity index (χ0n) is 12.0. The van der Waals surface area contributed by atoms with Gasteiger partial charge in [0.15, 0.2) is 0 Å². The van der Waals surface area contributed by atoms with E-state index in [1.54, 1.807) is 0 Å². The topological polar surface area (TPSA) is 69.4 Å². The molecule has 3 aromatic rings. The van der Waals surface area contributed by atoms with Crippen LogP contribution in [0.3, 0.4) is 0 Å². The molecule has 0 unspecified atom stereocenters. The van der Waals surface area contributed by atoms with Gasteiger partial charge in [-0.15, -0.1) is 0 Å². The summed E-state index contributed by atoms with van der Waals surface area (Å²) < 4.78 is 0. The van der Waals surface area contributed by atoms with Crippen molar-refractivity contribution in [3.63, 3.8) is 0 Å². The lowest BCUT2D eigenvalue weighted by Gasteiger charge is -2.18. The predicted molar refractivity (Wildman–Crippen MR) is 80.7 cm³/mol. The molecule has 0 aliphatic heterocycles. The van der Waals surface area contributed by atoms with Crippen molar-refractivity contribution in [2.24, 2.45) is 0 Å². The third kappa shape index (κ3) is 2.39. The van der Waals surface area contributed by atoms with E-state index in [0.29, 0.717) is 0 Å². The van der Waals surface area contributed by atoms with Gasteiger partial charge in [0.2, 0.25) is 0 Å². The highest BCUT2D eigenvalue weighted by Crippen LogP contribution is 2.24. The maximum Gasteiger partial charge on any atom is 0.0651 e. The zero-order valence-corrected chi connectivity index (χ0v) is 12.0. The molecule has 0 amide bonds. The SMILES string of the molecule is CC(C)(C)c1[nH]ncc1CNc1ccc2[nH]ncc2c1. The summed E-state index contributed by atoms with van der Waals surface area (Å²) in [5, 5.41) is 18.8. The van der Waals surface area contributed by atoms with Gasteiger partial charge in [-0.1, -0.05) is 20.8 Å². The molecule has 1 aromatic carbocycles. The number of fused-ring (bicyclic) bond motifs is 1. The number of aromatic nitrogens is 4. The highest BCUT2D eigenvalue weighted by molar-refractivity contribution is 5.81. The summed E-state index contributed by atoms with van der Waals surface area (Å²) in [5.74, 6) is 0. The number of rotatable bonds is 3. The molecule has 0 atom stereocenters. The smallest absolute Gasteiger partial charge is 0.0651 e. The molecular weight excluding hydrogens is 250 g/mol. The summed E-state index contributed by atoms with van der Waals surface area (Å²) in [6.45, 7) is 7.30. The van der Waals surface area contributed by atoms with Crippen molar-refractivity contribution in [2.75, 3.05) is 5.32 Å². The first-order chi connectivity index (χ1) is 9.54. The average molecular weight is 269 g/mol. The molecule has 0 saturated carbocycles. The molecule has 104 valence electrons. The minimum Gasteiger partial charge on any atom is -0.381 e. The Morgan fingerprint density at radius 3 is 2.70 bits per heavy atom. The van der Waals surface area contributed by atoms with E-state index in [1.165, 1.54) is 11.3 Å². The standard InChI is InChI=1S/C15H19N5/c1-15(2,3)14-11(9-18-20-14)7-16-12-4-5-13-10(6-12)8-17-19-13/h4-6,8-9,16H,7H2,1-3H3,(H,17,19)(H,18,20). The molecule has 0 aliphatic rings. The van der Waals surface area contributed by atoms with Crippen LogP contribution in [0.4, 0.5) is 5.69 Å². The van der Waals surface area contributed by atoms with E-state index in [1.807, 2.05) is 18.5 Å². The maximum absolute atomic E-state index is 4.16. The molecule has 0 saturated heterocycles. The number of anilines is 1. The molecular formula is C15H19N5. The van der Waals surface area contributed by atoms with E-state index in [2.05, 4.69) is 58.6 Å². The van der Waals surface area contributed by atoms with Crippen LogP contribution in [0, 0.1) is 0 Å². The fourth-order valence-electron chi connectivity index (χ4n) is 2.34. The van der Waals surface area contributed by atoms with E-state index >= 15 is 0 Å². The highest BCUT2D eigenvalue weighted by Gasteiger charge is 2.19. The molecule has 0 aliphatic carbocycles. The first kappa shape index (κ1) is 12.7. The lowest BCUT2D eigenvalue weighted by molar-refractivity contribution is 0.561. The van der Waals surface area contributed by atoms with E-state index < -0.39 is 0 Å². The quantitative estimate of drug-likeness (QED) is 0.684. The van der Waals surface area contributed by atoms with Gasteiger partial charge >= 0.3 is 0 Å². The Hall–Kier alpha value is -2.30. The molecule has 0 radical (unpaired) electrons. The van der Waals surface area contributed by atoms with Gasteiger partial charge in [0.05, 0.1) is 17.9 Å². The molecule has 5 nitrogen and oxygen atoms in total. The monoisotopic (exact) mass is 269 g/mol. The van der Waals surface area contributed by atoms with Crippen molar-refractivity contribution in [3.8, 4) is 0 Å². The number of nitrogens with one attached hydrogen (secondary N) is 3. The second-order valence-electron chi connectivity index (χ2n) is 6.05. The fourth-order valence-corrected chi connectivity index (χ4v) is 2.34. The van der Waals surface area contributed by atoms with Crippen LogP contribution >= 0.6 is 0 Å². The van der Waals surface area contributed by atoms with Crippen LogP contribution in [0.25, 0.3) is 10.9 Å². The Morgan fingerprint density at radius 2 is 1.90 bits per heavy atom. The molecule has 2 heterocycles. The van der Waals surface area contributed by atoms with Crippen LogP contribution in [0.5, 0.6) is 0 Å². The first-order valence-corrected chi connectivity index (χ1v) is 6.74. The molecule has 0 spiro atoms. The van der Waals surface area contributed by atoms with Crippen LogP contribution < -0.4 is 5.32 Å². The minimum absolute atomic E-state index is 0.0715. The molecule has 3 rings (SSSR count). The van der Waals surface area contributed by atoms with Crippen molar-refractivity contribution in [2.45, 2.75) is 32.7 Å². The van der Waals surface area contributed by atoms with Crippen molar-refractivity contribution in [3.05, 3.63) is 41.9 Å². The van der Waals surface area contributed by atoms with Gasteiger partial charge < -0.3 is 5.32 Å². The number of hydrogen-bond donors (Lipinski definition) is 3. The van der Waals surface area contributed by atoms with Crippen LogP contribution in [0.2, 0.25) is 0 Å². The number of benzene rings is 1. The summed E-state index contributed by atoms with van der Waals surface area (Å²) in [6.07, 6.45) is 3.73. The highest BCUT2D eigenvalue weighted by atomic mass is 15.1. The zero-order chi connectivity index (χ0) is 14.2. The lowest BCUT2D eigenvalue weighted by atomic mass is 9.89. The largest absolute Gasteiger partial charge is 0.381 e. The molecule has 2 aromatic heterocycles. The second-order valence-corrected chi connectivity index (χ2v) is 6.05. The lowest BCUT2D eigenvalue weighted by Crippen LogP contribution is -2.15. The maximum atomic E-state index is 4.16. The molecule has 20 heavy (non-hydrogen) atoms. The number of nitrogens with zero attached hydrogens (tertiary/aromatic N) is 2. The van der Waals surface area contributed by atoms with E-state index in [-0.39, 0.29) is 5.41 Å². The number of H-pyrrole nitrogens is 2. The summed E-state index contributed by atoms with van der Waals surface area (Å²) in [7, 11) is 0. The van der Waals surface area contributed by atoms with Gasteiger partial charge in [0, 0.05) is 34.3 Å². The Balaban J connectivity index is 1.78. The normalized spacial score (nSPS) is 11.9. The Bertz CT molecular complexity index is 717. The van der Waals surface area contributed by atoms with Crippen LogP contribution in [0.15, 0.2) is 30.6 Å². The van der Waals surface area contributed by atoms with E-state index in [0.717, 1.165) is 23.1 Å². The number of hydrogen-bond acceptors (Lipinski definition) is 3. The van der Waals surface area contributed by atoms with Crippen LogP contribution in [-0.2, 0) is 12.0 Å². The summed E-state index contributed by atoms with van der Waals surface area (Å²) >= 11 is 0. The third-order valence-corrected chi connectivity index (χ3v) is 3.39. The summed E-state index contributed by atoms with van der Waals surface area (Å²) in [6, 6.07) is 6.18. The fraction of sp³-hybridized carbons (Fsp3) is 0.333. The summed E-state index contributed by atoms with van der Waals surface area (Å²) in [4.78, 5) is 0. The Labute approximate surface area is 117 Å². The van der Waals surface area contributed by atoms with Gasteiger partial charge in [-0.05, 0) is 18.2 Å². The Morgan fingerprint density at radius 1 is 1.10 bits per heavy atom. The van der Waals surface area contributed by atoms with Gasteiger partial charge in [-0.2, -0.15) is 10.2 Å². The first-order valence-electron chi connectivity index (χ1n) is 6.74. The van der Waals surface area contributed by atoms with Crippen molar-refractivity contribution < 1.29 is 0 Å².